The van der Waals surface area contributed by atoms with Gasteiger partial charge in [-0.3, -0.25) is 4.79 Å². The standard InChI is InChI=1S/C28H31N5O2/c1-17-26(33-28(2,3)4)32-24-19(11-8-12-21(24)29-17)23-15-20-25(30-23)22(31-27(20)34)13-14-35-16-18-9-6-5-7-10-18/h5-12,15,22,30H,13-14,16H2,1-4H3,(H,31,34)(H,32,33). The molecule has 7 nitrogen and oxygen atoms in total. The maximum absolute atomic E-state index is 12.7. The highest BCUT2D eigenvalue weighted by molar-refractivity contribution is 6.01. The molecule has 1 atom stereocenters. The number of aryl methyl sites for hydroxylation is 1. The van der Waals surface area contributed by atoms with E-state index in [0.29, 0.717) is 25.2 Å². The summed E-state index contributed by atoms with van der Waals surface area (Å²) < 4.78 is 5.85. The number of aromatic amines is 1. The average molecular weight is 470 g/mol. The lowest BCUT2D eigenvalue weighted by Crippen LogP contribution is -2.27. The van der Waals surface area contributed by atoms with Crippen molar-refractivity contribution in [3.8, 4) is 11.3 Å². The molecule has 7 heteroatoms. The van der Waals surface area contributed by atoms with Crippen molar-refractivity contribution in [3.63, 3.8) is 0 Å². The molecule has 3 heterocycles. The number of amides is 1. The summed E-state index contributed by atoms with van der Waals surface area (Å²) in [6, 6.07) is 17.9. The minimum absolute atomic E-state index is 0.0622. The molecule has 5 rings (SSSR count). The van der Waals surface area contributed by atoms with Crippen LogP contribution in [0.1, 0.15) is 60.5 Å². The number of aromatic nitrogens is 3. The molecule has 0 saturated carbocycles. The molecule has 4 aromatic rings. The van der Waals surface area contributed by atoms with Crippen LogP contribution in [0.25, 0.3) is 22.3 Å². The number of carbonyl (C=O) groups excluding carboxylic acids is 1. The SMILES string of the molecule is Cc1nc2cccc(-c3cc4c([nH]3)C(CCOCc3ccccc3)NC4=O)c2nc1NC(C)(C)C. The third kappa shape index (κ3) is 4.91. The van der Waals surface area contributed by atoms with E-state index in [0.717, 1.165) is 45.1 Å². The van der Waals surface area contributed by atoms with Crippen LogP contribution in [-0.4, -0.2) is 33.0 Å². The summed E-state index contributed by atoms with van der Waals surface area (Å²) in [4.78, 5) is 25.9. The molecule has 0 fully saturated rings. The number of ether oxygens (including phenoxy) is 1. The first-order chi connectivity index (χ1) is 16.8. The Bertz CT molecular complexity index is 1370. The number of H-pyrrole nitrogens is 1. The molecule has 2 aromatic heterocycles. The molecule has 0 aliphatic carbocycles. The summed E-state index contributed by atoms with van der Waals surface area (Å²) in [6.45, 7) is 9.37. The van der Waals surface area contributed by atoms with Crippen molar-refractivity contribution < 1.29 is 9.53 Å². The maximum atomic E-state index is 12.7. The predicted octanol–water partition coefficient (Wildman–Crippen LogP) is 5.54. The molecule has 1 unspecified atom stereocenters. The normalized spacial score (nSPS) is 15.3. The average Bonchev–Trinajstić information content (AvgIpc) is 3.37. The summed E-state index contributed by atoms with van der Waals surface area (Å²) in [7, 11) is 0. The van der Waals surface area contributed by atoms with Crippen LogP contribution in [0.4, 0.5) is 5.82 Å². The van der Waals surface area contributed by atoms with E-state index in [1.165, 1.54) is 0 Å². The second kappa shape index (κ2) is 9.15. The van der Waals surface area contributed by atoms with Crippen LogP contribution in [0.5, 0.6) is 0 Å². The number of rotatable bonds is 7. The number of hydrogen-bond acceptors (Lipinski definition) is 5. The van der Waals surface area contributed by atoms with Gasteiger partial charge in [-0.05, 0) is 51.8 Å². The summed E-state index contributed by atoms with van der Waals surface area (Å²) in [5.74, 6) is 0.704. The van der Waals surface area contributed by atoms with E-state index in [4.69, 9.17) is 14.7 Å². The molecule has 3 N–H and O–H groups in total. The Morgan fingerprint density at radius 1 is 1.03 bits per heavy atom. The second-order valence-electron chi connectivity index (χ2n) is 10.1. The minimum Gasteiger partial charge on any atom is -0.377 e. The molecule has 0 saturated heterocycles. The number of carbonyl (C=O) groups is 1. The van der Waals surface area contributed by atoms with Gasteiger partial charge in [0.2, 0.25) is 0 Å². The Labute approximate surface area is 205 Å². The van der Waals surface area contributed by atoms with Gasteiger partial charge in [-0.2, -0.15) is 0 Å². The molecule has 0 radical (unpaired) electrons. The van der Waals surface area contributed by atoms with E-state index in [9.17, 15) is 4.79 Å². The van der Waals surface area contributed by atoms with Crippen molar-refractivity contribution >= 4 is 22.8 Å². The van der Waals surface area contributed by atoms with E-state index >= 15 is 0 Å². The summed E-state index contributed by atoms with van der Waals surface area (Å²) in [5.41, 5.74) is 6.85. The molecule has 0 bridgehead atoms. The zero-order valence-corrected chi connectivity index (χ0v) is 20.6. The quantitative estimate of drug-likeness (QED) is 0.309. The Hall–Kier alpha value is -3.71. The first-order valence-corrected chi connectivity index (χ1v) is 12.0. The highest BCUT2D eigenvalue weighted by atomic mass is 16.5. The molecule has 1 aliphatic heterocycles. The molecular weight excluding hydrogens is 438 g/mol. The predicted molar refractivity (Wildman–Crippen MR) is 138 cm³/mol. The first kappa shape index (κ1) is 23.1. The zero-order valence-electron chi connectivity index (χ0n) is 20.6. The number of hydrogen-bond donors (Lipinski definition) is 3. The lowest BCUT2D eigenvalue weighted by atomic mass is 10.1. The van der Waals surface area contributed by atoms with Gasteiger partial charge in [-0.15, -0.1) is 0 Å². The van der Waals surface area contributed by atoms with Crippen molar-refractivity contribution in [3.05, 3.63) is 77.1 Å². The molecule has 1 amide bonds. The van der Waals surface area contributed by atoms with Gasteiger partial charge in [-0.25, -0.2) is 9.97 Å². The highest BCUT2D eigenvalue weighted by Gasteiger charge is 2.31. The smallest absolute Gasteiger partial charge is 0.253 e. The monoisotopic (exact) mass is 469 g/mol. The van der Waals surface area contributed by atoms with E-state index < -0.39 is 0 Å². The van der Waals surface area contributed by atoms with Crippen molar-refractivity contribution in [2.75, 3.05) is 11.9 Å². The maximum Gasteiger partial charge on any atom is 0.253 e. The minimum atomic E-state index is -0.135. The molecular formula is C28H31N5O2. The second-order valence-corrected chi connectivity index (χ2v) is 10.1. The van der Waals surface area contributed by atoms with Gasteiger partial charge in [0.25, 0.3) is 5.91 Å². The van der Waals surface area contributed by atoms with Crippen molar-refractivity contribution in [1.29, 1.82) is 0 Å². The third-order valence-electron chi connectivity index (χ3n) is 6.06. The van der Waals surface area contributed by atoms with E-state index in [-0.39, 0.29) is 17.5 Å². The summed E-state index contributed by atoms with van der Waals surface area (Å²) >= 11 is 0. The molecule has 0 spiro atoms. The molecule has 35 heavy (non-hydrogen) atoms. The number of fused-ring (bicyclic) bond motifs is 2. The van der Waals surface area contributed by atoms with Crippen LogP contribution in [0.15, 0.2) is 54.6 Å². The Balaban J connectivity index is 1.39. The largest absolute Gasteiger partial charge is 0.377 e. The van der Waals surface area contributed by atoms with Gasteiger partial charge in [0.1, 0.15) is 11.3 Å². The number of nitrogens with one attached hydrogen (secondary N) is 3. The topological polar surface area (TPSA) is 91.9 Å². The molecule has 1 aliphatic rings. The number of benzene rings is 2. The number of para-hydroxylation sites is 1. The van der Waals surface area contributed by atoms with Gasteiger partial charge in [0.05, 0.1) is 35.1 Å². The lowest BCUT2D eigenvalue weighted by Gasteiger charge is -2.22. The van der Waals surface area contributed by atoms with Gasteiger partial charge in [0.15, 0.2) is 0 Å². The lowest BCUT2D eigenvalue weighted by molar-refractivity contribution is 0.0922. The van der Waals surface area contributed by atoms with E-state index in [2.05, 4.69) is 36.4 Å². The molecule has 2 aromatic carbocycles. The van der Waals surface area contributed by atoms with Crippen molar-refractivity contribution in [2.24, 2.45) is 0 Å². The van der Waals surface area contributed by atoms with Crippen molar-refractivity contribution in [2.45, 2.75) is 52.3 Å². The van der Waals surface area contributed by atoms with Crippen LogP contribution in [0.3, 0.4) is 0 Å². The Morgan fingerprint density at radius 3 is 2.60 bits per heavy atom. The Morgan fingerprint density at radius 2 is 1.83 bits per heavy atom. The number of anilines is 1. The fourth-order valence-corrected chi connectivity index (χ4v) is 4.42. The van der Waals surface area contributed by atoms with Crippen LogP contribution in [0.2, 0.25) is 0 Å². The zero-order chi connectivity index (χ0) is 24.6. The van der Waals surface area contributed by atoms with Crippen LogP contribution >= 0.6 is 0 Å². The third-order valence-corrected chi connectivity index (χ3v) is 6.06. The van der Waals surface area contributed by atoms with Gasteiger partial charge >= 0.3 is 0 Å². The summed E-state index contributed by atoms with van der Waals surface area (Å²) in [6.07, 6.45) is 0.694. The fourth-order valence-electron chi connectivity index (χ4n) is 4.42. The molecule has 180 valence electrons. The van der Waals surface area contributed by atoms with Crippen LogP contribution < -0.4 is 10.6 Å². The van der Waals surface area contributed by atoms with Gasteiger partial charge in [-0.1, -0.05) is 42.5 Å². The van der Waals surface area contributed by atoms with E-state index in [1.807, 2.05) is 61.5 Å². The number of nitrogens with zero attached hydrogens (tertiary/aromatic N) is 2. The highest BCUT2D eigenvalue weighted by Crippen LogP contribution is 2.34. The van der Waals surface area contributed by atoms with Crippen LogP contribution in [-0.2, 0) is 11.3 Å². The van der Waals surface area contributed by atoms with Gasteiger partial charge in [0, 0.05) is 23.4 Å². The van der Waals surface area contributed by atoms with E-state index in [1.54, 1.807) is 0 Å². The fraction of sp³-hybridized carbons (Fsp3) is 0.321. The summed E-state index contributed by atoms with van der Waals surface area (Å²) in [5, 5.41) is 6.52. The van der Waals surface area contributed by atoms with Crippen molar-refractivity contribution in [1.82, 2.24) is 20.3 Å². The Kier molecular flexibility index (Phi) is 6.03. The van der Waals surface area contributed by atoms with Crippen LogP contribution in [0, 0.1) is 6.92 Å². The van der Waals surface area contributed by atoms with Gasteiger partial charge < -0.3 is 20.4 Å². The first-order valence-electron chi connectivity index (χ1n) is 12.0.